The molecule has 0 bridgehead atoms. The highest BCUT2D eigenvalue weighted by atomic mass is 35.5. The molecule has 1 unspecified atom stereocenters. The highest BCUT2D eigenvalue weighted by Crippen LogP contribution is 2.27. The fourth-order valence-electron chi connectivity index (χ4n) is 1.42. The Bertz CT molecular complexity index is 424. The summed E-state index contributed by atoms with van der Waals surface area (Å²) in [5, 5.41) is 13.4. The molecule has 0 heterocycles. The van der Waals surface area contributed by atoms with Crippen LogP contribution in [-0.2, 0) is 4.74 Å². The minimum atomic E-state index is -2.47. The summed E-state index contributed by atoms with van der Waals surface area (Å²) in [7, 11) is 0. The van der Waals surface area contributed by atoms with Gasteiger partial charge in [0.2, 0.25) is 0 Å². The van der Waals surface area contributed by atoms with Crippen LogP contribution < -0.4 is 10.1 Å². The summed E-state index contributed by atoms with van der Waals surface area (Å²) in [6.07, 6.45) is -3.23. The Balaban J connectivity index is 2.13. The number of hydrogen-bond donors (Lipinski definition) is 2. The Morgan fingerprint density at radius 2 is 2.00 bits per heavy atom. The van der Waals surface area contributed by atoms with Crippen molar-refractivity contribution in [1.82, 2.24) is 5.32 Å². The van der Waals surface area contributed by atoms with Crippen molar-refractivity contribution in [2.45, 2.75) is 12.5 Å². The average Bonchev–Trinajstić information content (AvgIpc) is 2.43. The van der Waals surface area contributed by atoms with Crippen molar-refractivity contribution < 1.29 is 23.4 Å². The molecule has 0 saturated heterocycles. The van der Waals surface area contributed by atoms with E-state index < -0.39 is 19.1 Å². The summed E-state index contributed by atoms with van der Waals surface area (Å²) in [5.74, 6) is 0.392. The fraction of sp³-hybridized carbons (Fsp3) is 0.538. The SMILES string of the molecule is OC(CNCCOCC(F)F)COc1cc(Cl)ccc1Cl. The predicted molar refractivity (Wildman–Crippen MR) is 77.7 cm³/mol. The Morgan fingerprint density at radius 1 is 1.24 bits per heavy atom. The highest BCUT2D eigenvalue weighted by Gasteiger charge is 2.08. The molecule has 1 aromatic carbocycles. The summed E-state index contributed by atoms with van der Waals surface area (Å²) in [6.45, 7) is 0.210. The second-order valence-electron chi connectivity index (χ2n) is 4.21. The molecular weight excluding hydrogens is 327 g/mol. The lowest BCUT2D eigenvalue weighted by Crippen LogP contribution is -2.33. The number of halogens is 4. The van der Waals surface area contributed by atoms with Gasteiger partial charge in [0.25, 0.3) is 6.43 Å². The maximum atomic E-state index is 11.8. The van der Waals surface area contributed by atoms with Crippen molar-refractivity contribution in [2.75, 3.05) is 32.9 Å². The molecule has 0 amide bonds. The molecule has 8 heteroatoms. The zero-order chi connectivity index (χ0) is 15.7. The number of nitrogens with one attached hydrogen (secondary N) is 1. The summed E-state index contributed by atoms with van der Waals surface area (Å²) < 4.78 is 33.6. The van der Waals surface area contributed by atoms with E-state index in [1.807, 2.05) is 0 Å². The van der Waals surface area contributed by atoms with Gasteiger partial charge in [-0.2, -0.15) is 0 Å². The van der Waals surface area contributed by atoms with Crippen molar-refractivity contribution in [3.8, 4) is 5.75 Å². The smallest absolute Gasteiger partial charge is 0.261 e. The number of alkyl halides is 2. The Labute approximate surface area is 131 Å². The molecule has 0 aromatic heterocycles. The van der Waals surface area contributed by atoms with E-state index in [9.17, 15) is 13.9 Å². The maximum absolute atomic E-state index is 11.8. The van der Waals surface area contributed by atoms with E-state index in [0.717, 1.165) is 0 Å². The quantitative estimate of drug-likeness (QED) is 0.641. The highest BCUT2D eigenvalue weighted by molar-refractivity contribution is 6.34. The molecule has 0 spiro atoms. The second-order valence-corrected chi connectivity index (χ2v) is 5.05. The summed E-state index contributed by atoms with van der Waals surface area (Å²) >= 11 is 11.7. The number of aliphatic hydroxyl groups excluding tert-OH is 1. The number of ether oxygens (including phenoxy) is 2. The lowest BCUT2D eigenvalue weighted by Gasteiger charge is -2.14. The first-order chi connectivity index (χ1) is 9.99. The van der Waals surface area contributed by atoms with Gasteiger partial charge in [0, 0.05) is 24.2 Å². The molecule has 2 N–H and O–H groups in total. The zero-order valence-corrected chi connectivity index (χ0v) is 12.7. The van der Waals surface area contributed by atoms with E-state index in [0.29, 0.717) is 22.3 Å². The van der Waals surface area contributed by atoms with E-state index in [2.05, 4.69) is 10.1 Å². The topological polar surface area (TPSA) is 50.7 Å². The molecule has 0 aliphatic rings. The third-order valence-corrected chi connectivity index (χ3v) is 2.92. The second kappa shape index (κ2) is 10.1. The van der Waals surface area contributed by atoms with Crippen molar-refractivity contribution in [1.29, 1.82) is 0 Å². The minimum Gasteiger partial charge on any atom is -0.489 e. The van der Waals surface area contributed by atoms with Gasteiger partial charge in [0.15, 0.2) is 0 Å². The number of rotatable bonds is 10. The van der Waals surface area contributed by atoms with Crippen LogP contribution in [0, 0.1) is 0 Å². The third kappa shape index (κ3) is 8.38. The molecule has 21 heavy (non-hydrogen) atoms. The van der Waals surface area contributed by atoms with Gasteiger partial charge in [0.05, 0.1) is 11.6 Å². The predicted octanol–water partition coefficient (Wildman–Crippen LogP) is 2.60. The molecule has 0 aliphatic heterocycles. The fourth-order valence-corrected chi connectivity index (χ4v) is 1.75. The van der Waals surface area contributed by atoms with Gasteiger partial charge in [-0.25, -0.2) is 8.78 Å². The summed E-state index contributed by atoms with van der Waals surface area (Å²) in [4.78, 5) is 0. The van der Waals surface area contributed by atoms with Crippen LogP contribution in [0.4, 0.5) is 8.78 Å². The monoisotopic (exact) mass is 343 g/mol. The van der Waals surface area contributed by atoms with Crippen LogP contribution >= 0.6 is 23.2 Å². The number of hydrogen-bond acceptors (Lipinski definition) is 4. The van der Waals surface area contributed by atoms with Gasteiger partial charge < -0.3 is 19.9 Å². The first kappa shape index (κ1) is 18.4. The van der Waals surface area contributed by atoms with E-state index in [4.69, 9.17) is 27.9 Å². The standard InChI is InChI=1S/C13H17Cl2F2NO3/c14-9-1-2-11(15)12(5-9)21-7-10(19)6-18-3-4-20-8-13(16)17/h1-2,5,10,13,18-19H,3-4,6-8H2. The van der Waals surface area contributed by atoms with Gasteiger partial charge in [0.1, 0.15) is 25.1 Å². The minimum absolute atomic E-state index is 0.0327. The molecule has 1 atom stereocenters. The van der Waals surface area contributed by atoms with E-state index in [-0.39, 0.29) is 19.8 Å². The van der Waals surface area contributed by atoms with Crippen LogP contribution in [0.5, 0.6) is 5.75 Å². The Morgan fingerprint density at radius 3 is 2.71 bits per heavy atom. The van der Waals surface area contributed by atoms with Crippen molar-refractivity contribution in [3.05, 3.63) is 28.2 Å². The Kier molecular flexibility index (Phi) is 8.87. The Hall–Kier alpha value is -0.660. The van der Waals surface area contributed by atoms with Crippen molar-refractivity contribution in [2.24, 2.45) is 0 Å². The normalized spacial score (nSPS) is 12.7. The van der Waals surface area contributed by atoms with E-state index in [1.165, 1.54) is 0 Å². The van der Waals surface area contributed by atoms with Gasteiger partial charge in [-0.1, -0.05) is 23.2 Å². The zero-order valence-electron chi connectivity index (χ0n) is 11.2. The first-order valence-corrected chi connectivity index (χ1v) is 7.07. The lowest BCUT2D eigenvalue weighted by molar-refractivity contribution is 0.0177. The van der Waals surface area contributed by atoms with E-state index in [1.54, 1.807) is 18.2 Å². The number of benzene rings is 1. The molecule has 1 aromatic rings. The van der Waals surface area contributed by atoms with Crippen LogP contribution in [0.2, 0.25) is 10.0 Å². The maximum Gasteiger partial charge on any atom is 0.261 e. The van der Waals surface area contributed by atoms with Crippen LogP contribution in [0.1, 0.15) is 0 Å². The molecule has 0 fully saturated rings. The van der Waals surface area contributed by atoms with Gasteiger partial charge >= 0.3 is 0 Å². The van der Waals surface area contributed by atoms with E-state index >= 15 is 0 Å². The molecule has 0 saturated carbocycles. The lowest BCUT2D eigenvalue weighted by atomic mass is 10.3. The summed E-state index contributed by atoms with van der Waals surface area (Å²) in [6, 6.07) is 4.79. The van der Waals surface area contributed by atoms with Crippen molar-refractivity contribution in [3.63, 3.8) is 0 Å². The largest absolute Gasteiger partial charge is 0.489 e. The number of aliphatic hydroxyl groups is 1. The van der Waals surface area contributed by atoms with Crippen LogP contribution in [0.3, 0.4) is 0 Å². The van der Waals surface area contributed by atoms with Crippen LogP contribution in [0.25, 0.3) is 0 Å². The first-order valence-electron chi connectivity index (χ1n) is 6.31. The molecule has 4 nitrogen and oxygen atoms in total. The average molecular weight is 344 g/mol. The van der Waals surface area contributed by atoms with Gasteiger partial charge in [-0.15, -0.1) is 0 Å². The third-order valence-electron chi connectivity index (χ3n) is 2.37. The summed E-state index contributed by atoms with van der Waals surface area (Å²) in [5.41, 5.74) is 0. The van der Waals surface area contributed by atoms with Crippen LogP contribution in [0.15, 0.2) is 18.2 Å². The van der Waals surface area contributed by atoms with Gasteiger partial charge in [-0.05, 0) is 12.1 Å². The molecular formula is C13H17Cl2F2NO3. The van der Waals surface area contributed by atoms with Crippen LogP contribution in [-0.4, -0.2) is 50.5 Å². The molecule has 1 rings (SSSR count). The van der Waals surface area contributed by atoms with Crippen molar-refractivity contribution >= 4 is 23.2 Å². The molecule has 120 valence electrons. The molecule has 0 radical (unpaired) electrons. The molecule has 0 aliphatic carbocycles. The van der Waals surface area contributed by atoms with Gasteiger partial charge in [-0.3, -0.25) is 0 Å².